The lowest BCUT2D eigenvalue weighted by atomic mass is 10.0. The standard InChI is InChI=1S/C18H34O2/c1-17(2)15-13-11-9-7-5-3-4-6-8-10-12-14-16-18(19)20/h3,5,17H,4,6-16H2,1-2H3,(H,19,20). The highest BCUT2D eigenvalue weighted by molar-refractivity contribution is 5.66. The fourth-order valence-corrected chi connectivity index (χ4v) is 2.30. The monoisotopic (exact) mass is 282 g/mol. The van der Waals surface area contributed by atoms with E-state index < -0.39 is 5.97 Å². The van der Waals surface area contributed by atoms with Crippen LogP contribution in [0.4, 0.5) is 0 Å². The van der Waals surface area contributed by atoms with E-state index in [0.717, 1.165) is 18.8 Å². The number of carbonyl (C=O) groups is 1. The Morgan fingerprint density at radius 1 is 0.850 bits per heavy atom. The largest absolute Gasteiger partial charge is 0.481 e. The van der Waals surface area contributed by atoms with Crippen LogP contribution in [0, 0.1) is 5.92 Å². The van der Waals surface area contributed by atoms with Crippen molar-refractivity contribution < 1.29 is 9.90 Å². The van der Waals surface area contributed by atoms with Crippen molar-refractivity contribution in [1.29, 1.82) is 0 Å². The Morgan fingerprint density at radius 3 is 1.90 bits per heavy atom. The van der Waals surface area contributed by atoms with Gasteiger partial charge in [0.2, 0.25) is 0 Å². The lowest BCUT2D eigenvalue weighted by Crippen LogP contribution is -1.93. The SMILES string of the molecule is CC(C)CCCCCC=CCCCCCCCC(=O)O. The molecule has 0 unspecified atom stereocenters. The zero-order valence-corrected chi connectivity index (χ0v) is 13.6. The zero-order valence-electron chi connectivity index (χ0n) is 13.6. The fourth-order valence-electron chi connectivity index (χ4n) is 2.30. The Kier molecular flexibility index (Phi) is 14.0. The maximum absolute atomic E-state index is 10.3. The molecule has 0 aliphatic rings. The van der Waals surface area contributed by atoms with Crippen molar-refractivity contribution in [1.82, 2.24) is 0 Å². The van der Waals surface area contributed by atoms with E-state index in [2.05, 4.69) is 26.0 Å². The van der Waals surface area contributed by atoms with Crippen LogP contribution in [0.3, 0.4) is 0 Å². The Labute approximate surface area is 125 Å². The highest BCUT2D eigenvalue weighted by Gasteiger charge is 1.96. The van der Waals surface area contributed by atoms with Crippen LogP contribution < -0.4 is 0 Å². The van der Waals surface area contributed by atoms with Gasteiger partial charge in [0.1, 0.15) is 0 Å². The molecule has 0 spiro atoms. The normalized spacial score (nSPS) is 11.6. The molecule has 0 saturated carbocycles. The molecule has 0 aromatic heterocycles. The van der Waals surface area contributed by atoms with Crippen molar-refractivity contribution in [2.24, 2.45) is 5.92 Å². The Balaban J connectivity index is 3.10. The molecule has 0 atom stereocenters. The number of hydrogen-bond acceptors (Lipinski definition) is 1. The van der Waals surface area contributed by atoms with E-state index in [9.17, 15) is 4.79 Å². The van der Waals surface area contributed by atoms with Gasteiger partial charge >= 0.3 is 5.97 Å². The molecule has 0 radical (unpaired) electrons. The predicted molar refractivity (Wildman–Crippen MR) is 87.0 cm³/mol. The summed E-state index contributed by atoms with van der Waals surface area (Å²) in [6.07, 6.45) is 18.4. The molecule has 2 heteroatoms. The van der Waals surface area contributed by atoms with Gasteiger partial charge in [0.05, 0.1) is 0 Å². The van der Waals surface area contributed by atoms with Crippen molar-refractivity contribution in [2.75, 3.05) is 0 Å². The highest BCUT2D eigenvalue weighted by atomic mass is 16.4. The Bertz CT molecular complexity index is 244. The summed E-state index contributed by atoms with van der Waals surface area (Å²) < 4.78 is 0. The first-order valence-corrected chi connectivity index (χ1v) is 8.49. The number of carboxylic acid groups (broad SMARTS) is 1. The minimum absolute atomic E-state index is 0.330. The van der Waals surface area contributed by atoms with Gasteiger partial charge in [-0.1, -0.05) is 64.5 Å². The summed E-state index contributed by atoms with van der Waals surface area (Å²) in [6, 6.07) is 0. The molecule has 2 nitrogen and oxygen atoms in total. The van der Waals surface area contributed by atoms with Crippen molar-refractivity contribution in [2.45, 2.75) is 90.9 Å². The van der Waals surface area contributed by atoms with E-state index in [1.165, 1.54) is 57.8 Å². The number of carboxylic acids is 1. The molecular formula is C18H34O2. The van der Waals surface area contributed by atoms with Gasteiger partial charge < -0.3 is 5.11 Å². The second-order valence-electron chi connectivity index (χ2n) is 6.20. The summed E-state index contributed by atoms with van der Waals surface area (Å²) in [5, 5.41) is 8.51. The van der Waals surface area contributed by atoms with Crippen LogP contribution in [0.25, 0.3) is 0 Å². The molecule has 20 heavy (non-hydrogen) atoms. The third kappa shape index (κ3) is 17.2. The number of hydrogen-bond donors (Lipinski definition) is 1. The second kappa shape index (κ2) is 14.6. The highest BCUT2D eigenvalue weighted by Crippen LogP contribution is 2.10. The van der Waals surface area contributed by atoms with Gasteiger partial charge in [-0.3, -0.25) is 4.79 Å². The van der Waals surface area contributed by atoms with Gasteiger partial charge in [0, 0.05) is 6.42 Å². The summed E-state index contributed by atoms with van der Waals surface area (Å²) in [6.45, 7) is 4.59. The van der Waals surface area contributed by atoms with Gasteiger partial charge in [-0.25, -0.2) is 0 Å². The molecular weight excluding hydrogens is 248 g/mol. The smallest absolute Gasteiger partial charge is 0.303 e. The lowest BCUT2D eigenvalue weighted by molar-refractivity contribution is -0.137. The topological polar surface area (TPSA) is 37.3 Å². The average molecular weight is 282 g/mol. The molecule has 0 aliphatic heterocycles. The first-order chi connectivity index (χ1) is 9.63. The van der Waals surface area contributed by atoms with E-state index in [1.807, 2.05) is 0 Å². The van der Waals surface area contributed by atoms with Crippen molar-refractivity contribution in [3.8, 4) is 0 Å². The second-order valence-corrected chi connectivity index (χ2v) is 6.20. The molecule has 0 bridgehead atoms. The van der Waals surface area contributed by atoms with Gasteiger partial charge in [0.15, 0.2) is 0 Å². The van der Waals surface area contributed by atoms with Gasteiger partial charge in [0.25, 0.3) is 0 Å². The van der Waals surface area contributed by atoms with Crippen LogP contribution in [-0.2, 0) is 4.79 Å². The van der Waals surface area contributed by atoms with E-state index >= 15 is 0 Å². The van der Waals surface area contributed by atoms with Gasteiger partial charge in [-0.05, 0) is 38.0 Å². The van der Waals surface area contributed by atoms with E-state index in [4.69, 9.17) is 5.11 Å². The first-order valence-electron chi connectivity index (χ1n) is 8.49. The molecule has 0 saturated heterocycles. The summed E-state index contributed by atoms with van der Waals surface area (Å²) in [5.74, 6) is 0.183. The third-order valence-corrected chi connectivity index (χ3v) is 3.58. The Hall–Kier alpha value is -0.790. The summed E-state index contributed by atoms with van der Waals surface area (Å²) in [7, 11) is 0. The number of allylic oxidation sites excluding steroid dienone is 2. The number of rotatable bonds is 14. The summed E-state index contributed by atoms with van der Waals surface area (Å²) in [5.41, 5.74) is 0. The minimum Gasteiger partial charge on any atom is -0.481 e. The van der Waals surface area contributed by atoms with Crippen LogP contribution in [0.15, 0.2) is 12.2 Å². The van der Waals surface area contributed by atoms with E-state index in [1.54, 1.807) is 0 Å². The molecule has 0 aromatic carbocycles. The molecule has 0 aromatic rings. The maximum Gasteiger partial charge on any atom is 0.303 e. The average Bonchev–Trinajstić information content (AvgIpc) is 2.38. The first kappa shape index (κ1) is 19.2. The van der Waals surface area contributed by atoms with Gasteiger partial charge in [-0.15, -0.1) is 0 Å². The van der Waals surface area contributed by atoms with Crippen molar-refractivity contribution >= 4 is 5.97 Å². The van der Waals surface area contributed by atoms with Crippen molar-refractivity contribution in [3.63, 3.8) is 0 Å². The van der Waals surface area contributed by atoms with Crippen LogP contribution in [0.2, 0.25) is 0 Å². The lowest BCUT2D eigenvalue weighted by Gasteiger charge is -2.02. The predicted octanol–water partition coefficient (Wildman–Crippen LogP) is 5.96. The third-order valence-electron chi connectivity index (χ3n) is 3.58. The van der Waals surface area contributed by atoms with Crippen molar-refractivity contribution in [3.05, 3.63) is 12.2 Å². The number of unbranched alkanes of at least 4 members (excludes halogenated alkanes) is 8. The molecule has 0 amide bonds. The van der Waals surface area contributed by atoms with E-state index in [-0.39, 0.29) is 0 Å². The van der Waals surface area contributed by atoms with Crippen LogP contribution in [0.5, 0.6) is 0 Å². The minimum atomic E-state index is -0.665. The Morgan fingerprint density at radius 2 is 1.35 bits per heavy atom. The quantitative estimate of drug-likeness (QED) is 0.315. The fraction of sp³-hybridized carbons (Fsp3) is 0.833. The van der Waals surface area contributed by atoms with Crippen LogP contribution in [-0.4, -0.2) is 11.1 Å². The molecule has 0 heterocycles. The van der Waals surface area contributed by atoms with E-state index in [0.29, 0.717) is 6.42 Å². The van der Waals surface area contributed by atoms with Crippen LogP contribution >= 0.6 is 0 Å². The molecule has 0 rings (SSSR count). The van der Waals surface area contributed by atoms with Gasteiger partial charge in [-0.2, -0.15) is 0 Å². The summed E-state index contributed by atoms with van der Waals surface area (Å²) in [4.78, 5) is 10.3. The molecule has 0 fully saturated rings. The molecule has 0 aliphatic carbocycles. The van der Waals surface area contributed by atoms with Crippen LogP contribution in [0.1, 0.15) is 90.9 Å². The number of aliphatic carboxylic acids is 1. The maximum atomic E-state index is 10.3. The zero-order chi connectivity index (χ0) is 15.1. The molecule has 118 valence electrons. The molecule has 1 N–H and O–H groups in total. The summed E-state index contributed by atoms with van der Waals surface area (Å²) >= 11 is 0.